The van der Waals surface area contributed by atoms with E-state index in [9.17, 15) is 5.11 Å². The summed E-state index contributed by atoms with van der Waals surface area (Å²) in [4.78, 5) is 0. The minimum atomic E-state index is 0.255. The second-order valence-corrected chi connectivity index (χ2v) is 5.84. The van der Waals surface area contributed by atoms with E-state index in [4.69, 9.17) is 0 Å². The smallest absolute Gasteiger partial charge is 0.119 e. The maximum absolute atomic E-state index is 9.80. The highest BCUT2D eigenvalue weighted by atomic mass is 16.3. The van der Waals surface area contributed by atoms with Crippen LogP contribution in [0.4, 0.5) is 11.4 Å². The first-order valence-corrected chi connectivity index (χ1v) is 7.32. The Bertz CT molecular complexity index is 628. The number of phenols is 1. The zero-order valence-corrected chi connectivity index (χ0v) is 13.0. The van der Waals surface area contributed by atoms with Crippen LogP contribution in [0.1, 0.15) is 50.7 Å². The monoisotopic (exact) mass is 282 g/mol. The molecule has 0 spiro atoms. The van der Waals surface area contributed by atoms with Crippen LogP contribution in [0.25, 0.3) is 0 Å². The number of azo groups is 1. The maximum Gasteiger partial charge on any atom is 0.119 e. The largest absolute Gasteiger partial charge is 0.508 e. The van der Waals surface area contributed by atoms with Gasteiger partial charge >= 0.3 is 0 Å². The lowest BCUT2D eigenvalue weighted by Gasteiger charge is -2.08. The van der Waals surface area contributed by atoms with Crippen LogP contribution in [-0.4, -0.2) is 5.11 Å². The SMILES string of the molecule is CC(C)c1ccc(N=Nc2ccc(O)c(C(C)C)c2)cc1. The summed E-state index contributed by atoms with van der Waals surface area (Å²) in [5.41, 5.74) is 3.77. The van der Waals surface area contributed by atoms with Crippen molar-refractivity contribution >= 4 is 11.4 Å². The van der Waals surface area contributed by atoms with Gasteiger partial charge in [0.05, 0.1) is 11.4 Å². The van der Waals surface area contributed by atoms with Crippen molar-refractivity contribution in [2.75, 3.05) is 0 Å². The molecule has 0 saturated heterocycles. The molecule has 3 heteroatoms. The average molecular weight is 282 g/mol. The van der Waals surface area contributed by atoms with Gasteiger partial charge in [-0.1, -0.05) is 39.8 Å². The summed E-state index contributed by atoms with van der Waals surface area (Å²) in [7, 11) is 0. The van der Waals surface area contributed by atoms with Crippen LogP contribution >= 0.6 is 0 Å². The van der Waals surface area contributed by atoms with E-state index in [1.54, 1.807) is 12.1 Å². The molecule has 21 heavy (non-hydrogen) atoms. The van der Waals surface area contributed by atoms with Gasteiger partial charge in [0.2, 0.25) is 0 Å². The summed E-state index contributed by atoms with van der Waals surface area (Å²) >= 11 is 0. The minimum Gasteiger partial charge on any atom is -0.508 e. The Balaban J connectivity index is 2.19. The number of benzene rings is 2. The Morgan fingerprint density at radius 2 is 1.33 bits per heavy atom. The molecular weight excluding hydrogens is 260 g/mol. The van der Waals surface area contributed by atoms with Crippen LogP contribution in [-0.2, 0) is 0 Å². The molecule has 0 fully saturated rings. The highest BCUT2D eigenvalue weighted by Gasteiger charge is 2.06. The van der Waals surface area contributed by atoms with Crippen molar-refractivity contribution in [3.63, 3.8) is 0 Å². The third-order valence-corrected chi connectivity index (χ3v) is 3.47. The first-order chi connectivity index (χ1) is 9.97. The molecular formula is C18H22N2O. The van der Waals surface area contributed by atoms with Crippen LogP contribution in [0, 0.1) is 0 Å². The van der Waals surface area contributed by atoms with Crippen LogP contribution in [0.3, 0.4) is 0 Å². The van der Waals surface area contributed by atoms with Crippen LogP contribution in [0.15, 0.2) is 52.7 Å². The van der Waals surface area contributed by atoms with Crippen LogP contribution in [0.2, 0.25) is 0 Å². The third-order valence-electron chi connectivity index (χ3n) is 3.47. The van der Waals surface area contributed by atoms with Gasteiger partial charge in [-0.15, -0.1) is 0 Å². The molecule has 0 amide bonds. The summed E-state index contributed by atoms with van der Waals surface area (Å²) in [6, 6.07) is 13.4. The van der Waals surface area contributed by atoms with Crippen LogP contribution in [0.5, 0.6) is 5.75 Å². The molecule has 2 rings (SSSR count). The van der Waals surface area contributed by atoms with E-state index >= 15 is 0 Å². The number of phenolic OH excluding ortho intramolecular Hbond substituents is 1. The van der Waals surface area contributed by atoms with Crippen molar-refractivity contribution in [1.82, 2.24) is 0 Å². The van der Waals surface area contributed by atoms with Crippen molar-refractivity contribution in [3.8, 4) is 5.75 Å². The Morgan fingerprint density at radius 3 is 1.90 bits per heavy atom. The van der Waals surface area contributed by atoms with Crippen molar-refractivity contribution in [3.05, 3.63) is 53.6 Å². The maximum atomic E-state index is 9.80. The highest BCUT2D eigenvalue weighted by molar-refractivity contribution is 5.48. The van der Waals surface area contributed by atoms with E-state index in [1.807, 2.05) is 32.0 Å². The van der Waals surface area contributed by atoms with E-state index in [-0.39, 0.29) is 5.92 Å². The molecule has 0 aliphatic carbocycles. The number of hydrogen-bond donors (Lipinski definition) is 1. The molecule has 0 radical (unpaired) electrons. The number of hydrogen-bond acceptors (Lipinski definition) is 3. The van der Waals surface area contributed by atoms with Crippen molar-refractivity contribution < 1.29 is 5.11 Å². The second kappa shape index (κ2) is 6.53. The zero-order chi connectivity index (χ0) is 15.4. The lowest BCUT2D eigenvalue weighted by Crippen LogP contribution is -1.87. The molecule has 2 aromatic carbocycles. The lowest BCUT2D eigenvalue weighted by atomic mass is 10.0. The standard InChI is InChI=1S/C18H22N2O/c1-12(2)14-5-7-15(8-6-14)19-20-16-9-10-18(21)17(11-16)13(3)4/h5-13,21H,1-4H3. The summed E-state index contributed by atoms with van der Waals surface area (Å²) in [6.45, 7) is 8.42. The molecule has 0 unspecified atom stereocenters. The van der Waals surface area contributed by atoms with E-state index < -0.39 is 0 Å². The first kappa shape index (κ1) is 15.2. The molecule has 3 nitrogen and oxygen atoms in total. The van der Waals surface area contributed by atoms with E-state index in [1.165, 1.54) is 5.56 Å². The quantitative estimate of drug-likeness (QED) is 0.681. The fourth-order valence-electron chi connectivity index (χ4n) is 2.11. The molecule has 0 aliphatic rings. The Hall–Kier alpha value is -2.16. The third kappa shape index (κ3) is 3.91. The summed E-state index contributed by atoms with van der Waals surface area (Å²) in [5, 5.41) is 18.3. The summed E-state index contributed by atoms with van der Waals surface area (Å²) in [6.07, 6.45) is 0. The predicted molar refractivity (Wildman–Crippen MR) is 86.9 cm³/mol. The first-order valence-electron chi connectivity index (χ1n) is 7.32. The van der Waals surface area contributed by atoms with Gasteiger partial charge in [-0.3, -0.25) is 0 Å². The molecule has 2 aromatic rings. The van der Waals surface area contributed by atoms with Gasteiger partial charge in [0.25, 0.3) is 0 Å². The lowest BCUT2D eigenvalue weighted by molar-refractivity contribution is 0.465. The van der Waals surface area contributed by atoms with E-state index in [2.05, 4.69) is 36.2 Å². The summed E-state index contributed by atoms with van der Waals surface area (Å²) in [5.74, 6) is 1.08. The topological polar surface area (TPSA) is 45.0 Å². The summed E-state index contributed by atoms with van der Waals surface area (Å²) < 4.78 is 0. The molecule has 0 atom stereocenters. The van der Waals surface area contributed by atoms with Gasteiger partial charge in [-0.25, -0.2) is 0 Å². The Kier molecular flexibility index (Phi) is 4.73. The minimum absolute atomic E-state index is 0.255. The van der Waals surface area contributed by atoms with Crippen molar-refractivity contribution in [2.24, 2.45) is 10.2 Å². The number of nitrogens with zero attached hydrogens (tertiary/aromatic N) is 2. The van der Waals surface area contributed by atoms with Gasteiger partial charge in [-0.2, -0.15) is 10.2 Å². The molecule has 0 aromatic heterocycles. The zero-order valence-electron chi connectivity index (χ0n) is 13.0. The van der Waals surface area contributed by atoms with Gasteiger partial charge in [0.1, 0.15) is 5.75 Å². The van der Waals surface area contributed by atoms with Crippen molar-refractivity contribution in [1.29, 1.82) is 0 Å². The number of rotatable bonds is 4. The predicted octanol–water partition coefficient (Wildman–Crippen LogP) is 6.05. The van der Waals surface area contributed by atoms with E-state index in [0.29, 0.717) is 11.7 Å². The van der Waals surface area contributed by atoms with Gasteiger partial charge in [0.15, 0.2) is 0 Å². The van der Waals surface area contributed by atoms with E-state index in [0.717, 1.165) is 16.9 Å². The highest BCUT2D eigenvalue weighted by Crippen LogP contribution is 2.30. The molecule has 0 saturated carbocycles. The second-order valence-electron chi connectivity index (χ2n) is 5.84. The van der Waals surface area contributed by atoms with Gasteiger partial charge in [0, 0.05) is 0 Å². The van der Waals surface area contributed by atoms with Crippen molar-refractivity contribution in [2.45, 2.75) is 39.5 Å². The fourth-order valence-corrected chi connectivity index (χ4v) is 2.11. The van der Waals surface area contributed by atoms with Crippen LogP contribution < -0.4 is 0 Å². The molecule has 0 aliphatic heterocycles. The Morgan fingerprint density at radius 1 is 0.762 bits per heavy atom. The molecule has 0 bridgehead atoms. The van der Waals surface area contributed by atoms with Gasteiger partial charge in [-0.05, 0) is 53.3 Å². The fraction of sp³-hybridized carbons (Fsp3) is 0.333. The average Bonchev–Trinajstić information content (AvgIpc) is 2.46. The van der Waals surface area contributed by atoms with Gasteiger partial charge < -0.3 is 5.11 Å². The molecule has 110 valence electrons. The Labute approximate surface area is 126 Å². The molecule has 1 N–H and O–H groups in total. The number of aromatic hydroxyl groups is 1. The normalized spacial score (nSPS) is 11.7. The molecule has 0 heterocycles.